The van der Waals surface area contributed by atoms with Gasteiger partial charge in [-0.3, -0.25) is 0 Å². The molecule has 144 valence electrons. The number of anilines is 2. The van der Waals surface area contributed by atoms with E-state index in [1.807, 2.05) is 12.1 Å². The maximum atomic E-state index is 5.44. The van der Waals surface area contributed by atoms with Crippen LogP contribution in [0, 0.1) is 0 Å². The molecule has 4 aromatic rings. The van der Waals surface area contributed by atoms with Crippen LogP contribution in [0.5, 0.6) is 0 Å². The molecule has 1 N–H and O–H groups in total. The van der Waals surface area contributed by atoms with Gasteiger partial charge < -0.3 is 14.6 Å². The lowest BCUT2D eigenvalue weighted by Gasteiger charge is -2.22. The lowest BCUT2D eigenvalue weighted by atomic mass is 9.85. The molecule has 0 saturated heterocycles. The molecule has 0 atom stereocenters. The third kappa shape index (κ3) is 2.57. The summed E-state index contributed by atoms with van der Waals surface area (Å²) in [4.78, 5) is 17.4. The summed E-state index contributed by atoms with van der Waals surface area (Å²) in [5, 5.41) is 4.60. The molecule has 0 aromatic carbocycles. The van der Waals surface area contributed by atoms with Gasteiger partial charge in [0.05, 0.1) is 23.0 Å². The number of thiophene rings is 1. The predicted octanol–water partition coefficient (Wildman–Crippen LogP) is 4.73. The summed E-state index contributed by atoms with van der Waals surface area (Å²) in [7, 11) is 4.15. The monoisotopic (exact) mass is 393 g/mol. The molecule has 4 aromatic heterocycles. The molecule has 5 rings (SSSR count). The van der Waals surface area contributed by atoms with Gasteiger partial charge in [0.1, 0.15) is 28.6 Å². The Morgan fingerprint density at radius 3 is 2.89 bits per heavy atom. The van der Waals surface area contributed by atoms with Crippen molar-refractivity contribution in [1.29, 1.82) is 0 Å². The van der Waals surface area contributed by atoms with Gasteiger partial charge in [0, 0.05) is 19.5 Å². The maximum Gasteiger partial charge on any atom is 0.147 e. The number of nitrogens with one attached hydrogen (secondary N) is 1. The Bertz CT molecular complexity index is 1180. The lowest BCUT2D eigenvalue weighted by Crippen LogP contribution is -2.16. The normalized spacial score (nSPS) is 15.3. The summed E-state index contributed by atoms with van der Waals surface area (Å²) in [5.41, 5.74) is 3.89. The zero-order valence-electron chi connectivity index (χ0n) is 16.5. The average molecular weight is 394 g/mol. The first-order valence-corrected chi connectivity index (χ1v) is 10.3. The summed E-state index contributed by atoms with van der Waals surface area (Å²) in [5.74, 6) is 2.79. The first kappa shape index (κ1) is 17.4. The van der Waals surface area contributed by atoms with Crippen molar-refractivity contribution in [2.45, 2.75) is 38.6 Å². The van der Waals surface area contributed by atoms with E-state index in [2.05, 4.69) is 48.1 Å². The second-order valence-electron chi connectivity index (χ2n) is 8.18. The summed E-state index contributed by atoms with van der Waals surface area (Å²) in [6, 6.07) is 3.85. The van der Waals surface area contributed by atoms with Crippen LogP contribution in [0.4, 0.5) is 11.6 Å². The third-order valence-corrected chi connectivity index (χ3v) is 6.67. The highest BCUT2D eigenvalue weighted by molar-refractivity contribution is 7.26. The van der Waals surface area contributed by atoms with Crippen LogP contribution in [-0.2, 0) is 18.4 Å². The fourth-order valence-corrected chi connectivity index (χ4v) is 5.35. The zero-order valence-corrected chi connectivity index (χ0v) is 17.4. The van der Waals surface area contributed by atoms with Crippen LogP contribution in [0.2, 0.25) is 0 Å². The molecular weight excluding hydrogens is 370 g/mol. The van der Waals surface area contributed by atoms with Crippen LogP contribution >= 0.6 is 11.3 Å². The van der Waals surface area contributed by atoms with Crippen LogP contribution in [0.15, 0.2) is 29.1 Å². The second-order valence-corrected chi connectivity index (χ2v) is 9.18. The van der Waals surface area contributed by atoms with Gasteiger partial charge >= 0.3 is 0 Å². The Morgan fingerprint density at radius 1 is 1.29 bits per heavy atom. The number of fused-ring (bicyclic) bond motifs is 5. The van der Waals surface area contributed by atoms with E-state index in [9.17, 15) is 0 Å². The minimum Gasteiger partial charge on any atom is -0.467 e. The van der Waals surface area contributed by atoms with Crippen molar-refractivity contribution in [3.05, 3.63) is 41.6 Å². The smallest absolute Gasteiger partial charge is 0.147 e. The van der Waals surface area contributed by atoms with Gasteiger partial charge in [0.2, 0.25) is 0 Å². The predicted molar refractivity (Wildman–Crippen MR) is 114 cm³/mol. The quantitative estimate of drug-likeness (QED) is 0.540. The van der Waals surface area contributed by atoms with Gasteiger partial charge in [-0.25, -0.2) is 15.0 Å². The molecule has 6 nitrogen and oxygen atoms in total. The van der Waals surface area contributed by atoms with E-state index >= 15 is 0 Å². The maximum absolute atomic E-state index is 5.44. The molecule has 1 aliphatic rings. The lowest BCUT2D eigenvalue weighted by molar-refractivity contribution is 0.518. The van der Waals surface area contributed by atoms with Crippen LogP contribution < -0.4 is 10.2 Å². The standard InChI is InChI=1S/C21H23N5OS/c1-21(2)8-7-13-15(21)14-16-17(28-20(14)25-19(13)26(3)4)18(24-11-23-16)22-10-12-6-5-9-27-12/h5-6,9,11H,7-8,10H2,1-4H3,(H,22,23,24). The van der Waals surface area contributed by atoms with Crippen molar-refractivity contribution < 1.29 is 4.42 Å². The molecule has 0 amide bonds. The van der Waals surface area contributed by atoms with E-state index in [0.29, 0.717) is 6.54 Å². The topological polar surface area (TPSA) is 67.1 Å². The second kappa shape index (κ2) is 6.17. The highest BCUT2D eigenvalue weighted by Gasteiger charge is 2.36. The number of hydrogen-bond donors (Lipinski definition) is 1. The fourth-order valence-electron chi connectivity index (χ4n) is 4.25. The summed E-state index contributed by atoms with van der Waals surface area (Å²) < 4.78 is 6.49. The van der Waals surface area contributed by atoms with E-state index in [-0.39, 0.29) is 5.41 Å². The number of rotatable bonds is 4. The summed E-state index contributed by atoms with van der Waals surface area (Å²) >= 11 is 1.67. The van der Waals surface area contributed by atoms with Crippen molar-refractivity contribution in [2.75, 3.05) is 24.3 Å². The van der Waals surface area contributed by atoms with Crippen molar-refractivity contribution in [1.82, 2.24) is 15.0 Å². The molecule has 0 fully saturated rings. The van der Waals surface area contributed by atoms with Crippen molar-refractivity contribution >= 4 is 43.4 Å². The molecular formula is C21H23N5OS. The Labute approximate surface area is 167 Å². The minimum absolute atomic E-state index is 0.113. The van der Waals surface area contributed by atoms with Crippen molar-refractivity contribution in [3.8, 4) is 0 Å². The Morgan fingerprint density at radius 2 is 2.14 bits per heavy atom. The molecule has 0 aliphatic heterocycles. The summed E-state index contributed by atoms with van der Waals surface area (Å²) in [6.45, 7) is 5.25. The average Bonchev–Trinajstić information content (AvgIpc) is 3.36. The van der Waals surface area contributed by atoms with E-state index in [1.54, 1.807) is 23.9 Å². The van der Waals surface area contributed by atoms with E-state index < -0.39 is 0 Å². The number of pyridine rings is 1. The number of furan rings is 1. The van der Waals surface area contributed by atoms with Crippen molar-refractivity contribution in [3.63, 3.8) is 0 Å². The van der Waals surface area contributed by atoms with Gasteiger partial charge in [-0.15, -0.1) is 11.3 Å². The van der Waals surface area contributed by atoms with Crippen LogP contribution in [0.3, 0.4) is 0 Å². The van der Waals surface area contributed by atoms with Crippen LogP contribution in [0.25, 0.3) is 20.4 Å². The molecule has 4 heterocycles. The van der Waals surface area contributed by atoms with Gasteiger partial charge in [0.15, 0.2) is 0 Å². The van der Waals surface area contributed by atoms with E-state index in [0.717, 1.165) is 45.3 Å². The molecule has 28 heavy (non-hydrogen) atoms. The Balaban J connectivity index is 1.73. The molecule has 0 saturated carbocycles. The summed E-state index contributed by atoms with van der Waals surface area (Å²) in [6.07, 6.45) is 5.53. The molecule has 0 bridgehead atoms. The minimum atomic E-state index is 0.113. The first-order chi connectivity index (χ1) is 13.5. The third-order valence-electron chi connectivity index (χ3n) is 5.59. The largest absolute Gasteiger partial charge is 0.467 e. The van der Waals surface area contributed by atoms with Gasteiger partial charge in [0.25, 0.3) is 0 Å². The molecule has 1 aliphatic carbocycles. The number of aromatic nitrogens is 3. The van der Waals surface area contributed by atoms with Crippen LogP contribution in [0.1, 0.15) is 37.2 Å². The van der Waals surface area contributed by atoms with Gasteiger partial charge in [-0.1, -0.05) is 13.8 Å². The Hall–Kier alpha value is -2.67. The highest BCUT2D eigenvalue weighted by atomic mass is 32.1. The SMILES string of the molecule is CN(C)c1nc2sc3c(NCc4ccco4)ncnc3c2c2c1CCC2(C)C. The zero-order chi connectivity index (χ0) is 19.5. The number of nitrogens with zero attached hydrogens (tertiary/aromatic N) is 4. The molecule has 0 unspecified atom stereocenters. The van der Waals surface area contributed by atoms with Gasteiger partial charge in [-0.05, 0) is 41.5 Å². The Kier molecular flexibility index (Phi) is 3.84. The first-order valence-electron chi connectivity index (χ1n) is 9.50. The highest BCUT2D eigenvalue weighted by Crippen LogP contribution is 2.49. The molecule has 7 heteroatoms. The van der Waals surface area contributed by atoms with Crippen molar-refractivity contribution in [2.24, 2.45) is 0 Å². The number of hydrogen-bond acceptors (Lipinski definition) is 7. The van der Waals surface area contributed by atoms with E-state index in [4.69, 9.17) is 9.40 Å². The fraction of sp³-hybridized carbons (Fsp3) is 0.381. The van der Waals surface area contributed by atoms with Crippen LogP contribution in [-0.4, -0.2) is 29.0 Å². The van der Waals surface area contributed by atoms with E-state index in [1.165, 1.54) is 16.5 Å². The molecule has 0 spiro atoms. The molecule has 0 radical (unpaired) electrons. The van der Waals surface area contributed by atoms with Gasteiger partial charge in [-0.2, -0.15) is 0 Å².